The number of rotatable bonds is 6. The van der Waals surface area contributed by atoms with Gasteiger partial charge in [-0.2, -0.15) is 9.61 Å². The fraction of sp³-hybridized carbons (Fsp3) is 0.375. The van der Waals surface area contributed by atoms with Crippen LogP contribution in [0.2, 0.25) is 0 Å². The van der Waals surface area contributed by atoms with Gasteiger partial charge in [0, 0.05) is 28.6 Å². The SMILES string of the molecule is CCN(CC)c1ccc(/C=c2/c(C(C)(C)C)nn3c(-c4ccccc4OC)nnc23)s1. The van der Waals surface area contributed by atoms with Crippen LogP contribution < -0.4 is 14.9 Å². The smallest absolute Gasteiger partial charge is 0.189 e. The minimum Gasteiger partial charge on any atom is -0.496 e. The van der Waals surface area contributed by atoms with Gasteiger partial charge in [0.2, 0.25) is 0 Å². The van der Waals surface area contributed by atoms with Crippen LogP contribution in [0.25, 0.3) is 23.1 Å². The quantitative estimate of drug-likeness (QED) is 0.445. The van der Waals surface area contributed by atoms with Gasteiger partial charge in [0.25, 0.3) is 0 Å². The molecular weight excluding hydrogens is 406 g/mol. The maximum atomic E-state index is 5.54. The summed E-state index contributed by atoms with van der Waals surface area (Å²) >= 11 is 1.79. The molecule has 0 bridgehead atoms. The topological polar surface area (TPSA) is 55.6 Å². The van der Waals surface area contributed by atoms with Gasteiger partial charge in [-0.15, -0.1) is 21.5 Å². The molecule has 0 aliphatic rings. The minimum absolute atomic E-state index is 0.135. The predicted molar refractivity (Wildman–Crippen MR) is 128 cm³/mol. The summed E-state index contributed by atoms with van der Waals surface area (Å²) in [6, 6.07) is 12.2. The first-order chi connectivity index (χ1) is 14.9. The number of benzene rings is 1. The Morgan fingerprint density at radius 2 is 1.81 bits per heavy atom. The molecule has 6 nitrogen and oxygen atoms in total. The summed E-state index contributed by atoms with van der Waals surface area (Å²) in [7, 11) is 1.67. The van der Waals surface area contributed by atoms with Crippen molar-refractivity contribution in [1.82, 2.24) is 19.8 Å². The second kappa shape index (κ2) is 8.30. The third-order valence-corrected chi connectivity index (χ3v) is 6.46. The molecule has 0 aliphatic heterocycles. The van der Waals surface area contributed by atoms with E-state index in [0.717, 1.165) is 41.0 Å². The zero-order valence-electron chi connectivity index (χ0n) is 19.0. The molecule has 31 heavy (non-hydrogen) atoms. The zero-order chi connectivity index (χ0) is 22.2. The molecule has 162 valence electrons. The van der Waals surface area contributed by atoms with E-state index in [1.165, 1.54) is 9.88 Å². The Kier molecular flexibility index (Phi) is 5.71. The first-order valence-electron chi connectivity index (χ1n) is 10.6. The number of nitrogens with zero attached hydrogens (tertiary/aromatic N) is 5. The van der Waals surface area contributed by atoms with Gasteiger partial charge in [-0.05, 0) is 44.2 Å². The number of hydrogen-bond donors (Lipinski definition) is 0. The number of fused-ring (bicyclic) bond motifs is 1. The molecule has 0 unspecified atom stereocenters. The van der Waals surface area contributed by atoms with Gasteiger partial charge in [0.1, 0.15) is 5.75 Å². The molecule has 0 amide bonds. The van der Waals surface area contributed by atoms with Crippen molar-refractivity contribution in [2.75, 3.05) is 25.1 Å². The number of methoxy groups -OCH3 is 1. The summed E-state index contributed by atoms with van der Waals surface area (Å²) in [4.78, 5) is 3.55. The van der Waals surface area contributed by atoms with Crippen LogP contribution in [0.4, 0.5) is 5.00 Å². The van der Waals surface area contributed by atoms with Crippen LogP contribution in [-0.2, 0) is 5.41 Å². The number of para-hydroxylation sites is 1. The van der Waals surface area contributed by atoms with Crippen molar-refractivity contribution in [3.05, 3.63) is 52.2 Å². The molecule has 0 saturated carbocycles. The van der Waals surface area contributed by atoms with E-state index in [0.29, 0.717) is 5.82 Å². The Labute approximate surface area is 187 Å². The van der Waals surface area contributed by atoms with Crippen LogP contribution in [0.1, 0.15) is 45.2 Å². The van der Waals surface area contributed by atoms with Gasteiger partial charge < -0.3 is 9.64 Å². The van der Waals surface area contributed by atoms with E-state index < -0.39 is 0 Å². The van der Waals surface area contributed by atoms with E-state index in [1.807, 2.05) is 28.8 Å². The minimum atomic E-state index is -0.135. The van der Waals surface area contributed by atoms with E-state index in [-0.39, 0.29) is 5.41 Å². The summed E-state index contributed by atoms with van der Waals surface area (Å²) in [6.07, 6.45) is 2.20. The lowest BCUT2D eigenvalue weighted by molar-refractivity contribution is 0.416. The normalized spacial score (nSPS) is 12.6. The molecule has 3 heterocycles. The standard InChI is InChI=1S/C24H29N5OS/c1-7-28(8-2)20-14-13-16(31-20)15-18-21(24(3,4)5)27-29-22(25-26-23(18)29)17-11-9-10-12-19(17)30-6/h9-15H,7-8H2,1-6H3/b18-15-. The number of aromatic nitrogens is 4. The third kappa shape index (κ3) is 3.90. The van der Waals surface area contributed by atoms with Crippen molar-refractivity contribution in [2.24, 2.45) is 0 Å². The molecule has 0 radical (unpaired) electrons. The zero-order valence-corrected chi connectivity index (χ0v) is 19.8. The Morgan fingerprint density at radius 3 is 2.48 bits per heavy atom. The first-order valence-corrected chi connectivity index (χ1v) is 11.4. The molecular formula is C24H29N5OS. The van der Waals surface area contributed by atoms with Crippen molar-refractivity contribution < 1.29 is 4.74 Å². The van der Waals surface area contributed by atoms with Crippen molar-refractivity contribution in [3.8, 4) is 17.1 Å². The molecule has 1 aromatic carbocycles. The van der Waals surface area contributed by atoms with Crippen molar-refractivity contribution in [2.45, 2.75) is 40.0 Å². The molecule has 0 N–H and O–H groups in total. The largest absolute Gasteiger partial charge is 0.496 e. The van der Waals surface area contributed by atoms with Crippen LogP contribution in [0, 0.1) is 0 Å². The van der Waals surface area contributed by atoms with E-state index in [1.54, 1.807) is 18.4 Å². The Morgan fingerprint density at radius 1 is 1.06 bits per heavy atom. The second-order valence-electron chi connectivity index (χ2n) is 8.46. The molecule has 7 heteroatoms. The number of ether oxygens (including phenoxy) is 1. The molecule has 0 saturated heterocycles. The second-order valence-corrected chi connectivity index (χ2v) is 9.56. The number of anilines is 1. The summed E-state index contributed by atoms with van der Waals surface area (Å²) < 4.78 is 7.40. The van der Waals surface area contributed by atoms with E-state index >= 15 is 0 Å². The lowest BCUT2D eigenvalue weighted by Gasteiger charge is -2.17. The summed E-state index contributed by atoms with van der Waals surface area (Å²) in [5, 5.41) is 16.3. The van der Waals surface area contributed by atoms with Gasteiger partial charge >= 0.3 is 0 Å². The average molecular weight is 436 g/mol. The van der Waals surface area contributed by atoms with Crippen LogP contribution in [0.5, 0.6) is 5.75 Å². The van der Waals surface area contributed by atoms with Gasteiger partial charge in [-0.3, -0.25) is 0 Å². The molecule has 0 atom stereocenters. The lowest BCUT2D eigenvalue weighted by atomic mass is 9.91. The van der Waals surface area contributed by atoms with E-state index in [4.69, 9.17) is 9.84 Å². The fourth-order valence-electron chi connectivity index (χ4n) is 3.75. The molecule has 4 rings (SSSR count). The molecule has 4 aromatic rings. The van der Waals surface area contributed by atoms with E-state index in [2.05, 4.69) is 67.9 Å². The van der Waals surface area contributed by atoms with Gasteiger partial charge in [-0.1, -0.05) is 32.9 Å². The Balaban J connectivity index is 1.91. The number of hydrogen-bond acceptors (Lipinski definition) is 6. The van der Waals surface area contributed by atoms with Crippen molar-refractivity contribution >= 4 is 28.1 Å². The summed E-state index contributed by atoms with van der Waals surface area (Å²) in [5.74, 6) is 1.44. The van der Waals surface area contributed by atoms with E-state index in [9.17, 15) is 0 Å². The van der Waals surface area contributed by atoms with Crippen LogP contribution in [0.3, 0.4) is 0 Å². The van der Waals surface area contributed by atoms with Crippen LogP contribution in [0.15, 0.2) is 36.4 Å². The highest BCUT2D eigenvalue weighted by Crippen LogP contribution is 2.30. The maximum Gasteiger partial charge on any atom is 0.189 e. The monoisotopic (exact) mass is 435 g/mol. The fourth-order valence-corrected chi connectivity index (χ4v) is 4.83. The average Bonchev–Trinajstić information content (AvgIpc) is 3.45. The lowest BCUT2D eigenvalue weighted by Crippen LogP contribution is -2.22. The van der Waals surface area contributed by atoms with Gasteiger partial charge in [0.15, 0.2) is 11.5 Å². The van der Waals surface area contributed by atoms with Gasteiger partial charge in [0.05, 0.1) is 23.4 Å². The van der Waals surface area contributed by atoms with Crippen LogP contribution in [-0.4, -0.2) is 40.0 Å². The van der Waals surface area contributed by atoms with Crippen molar-refractivity contribution in [3.63, 3.8) is 0 Å². The Bertz CT molecular complexity index is 1250. The van der Waals surface area contributed by atoms with Crippen molar-refractivity contribution in [1.29, 1.82) is 0 Å². The maximum absolute atomic E-state index is 5.54. The molecule has 3 aromatic heterocycles. The number of thiophene rings is 1. The molecule has 0 aliphatic carbocycles. The highest BCUT2D eigenvalue weighted by molar-refractivity contribution is 7.16. The Hall–Kier alpha value is -2.93. The third-order valence-electron chi connectivity index (χ3n) is 5.37. The van der Waals surface area contributed by atoms with Gasteiger partial charge in [-0.25, -0.2) is 0 Å². The summed E-state index contributed by atoms with van der Waals surface area (Å²) in [5.41, 5.74) is 2.51. The molecule has 0 fully saturated rings. The molecule has 0 spiro atoms. The highest BCUT2D eigenvalue weighted by Gasteiger charge is 2.25. The predicted octanol–water partition coefficient (Wildman–Crippen LogP) is 4.55. The summed E-state index contributed by atoms with van der Waals surface area (Å²) in [6.45, 7) is 12.9. The van der Waals surface area contributed by atoms with Crippen LogP contribution >= 0.6 is 11.3 Å². The first kappa shape index (κ1) is 21.3. The highest BCUT2D eigenvalue weighted by atomic mass is 32.1.